The number of nitrogens with one attached hydrogen (secondary N) is 2. The van der Waals surface area contributed by atoms with Gasteiger partial charge in [-0.25, -0.2) is 4.98 Å². The molecule has 1 aromatic heterocycles. The maximum atomic E-state index is 13.0. The SMILES string of the molecule is CNC(=O)c1cnc(-c2ccccc2)n(CC(=O)Nc2cc(Cl)ccc2OC)c1=O. The Balaban J connectivity index is 2.01. The van der Waals surface area contributed by atoms with Crippen molar-refractivity contribution >= 4 is 29.1 Å². The zero-order chi connectivity index (χ0) is 21.7. The third kappa shape index (κ3) is 4.49. The summed E-state index contributed by atoms with van der Waals surface area (Å²) in [7, 11) is 2.88. The van der Waals surface area contributed by atoms with E-state index in [4.69, 9.17) is 16.3 Å². The van der Waals surface area contributed by atoms with E-state index >= 15 is 0 Å². The number of amides is 2. The van der Waals surface area contributed by atoms with E-state index in [9.17, 15) is 14.4 Å². The summed E-state index contributed by atoms with van der Waals surface area (Å²) in [5.74, 6) is -0.412. The van der Waals surface area contributed by atoms with Gasteiger partial charge in [0, 0.05) is 23.8 Å². The fourth-order valence-corrected chi connectivity index (χ4v) is 3.03. The molecule has 0 aliphatic heterocycles. The molecular formula is C21H19ClN4O4. The van der Waals surface area contributed by atoms with Crippen molar-refractivity contribution in [1.82, 2.24) is 14.9 Å². The van der Waals surface area contributed by atoms with Gasteiger partial charge < -0.3 is 15.4 Å². The number of benzene rings is 2. The highest BCUT2D eigenvalue weighted by Gasteiger charge is 2.19. The van der Waals surface area contributed by atoms with Crippen LogP contribution in [0.3, 0.4) is 0 Å². The van der Waals surface area contributed by atoms with Crippen LogP contribution in [0.25, 0.3) is 11.4 Å². The van der Waals surface area contributed by atoms with E-state index in [0.717, 1.165) is 4.57 Å². The largest absolute Gasteiger partial charge is 0.495 e. The second-order valence-electron chi connectivity index (χ2n) is 6.22. The van der Waals surface area contributed by atoms with Gasteiger partial charge in [-0.3, -0.25) is 19.0 Å². The van der Waals surface area contributed by atoms with Gasteiger partial charge in [-0.2, -0.15) is 0 Å². The number of halogens is 1. The lowest BCUT2D eigenvalue weighted by molar-refractivity contribution is -0.116. The Labute approximate surface area is 177 Å². The summed E-state index contributed by atoms with van der Waals surface area (Å²) in [4.78, 5) is 42.0. The highest BCUT2D eigenvalue weighted by atomic mass is 35.5. The van der Waals surface area contributed by atoms with Gasteiger partial charge in [0.1, 0.15) is 23.7 Å². The van der Waals surface area contributed by atoms with Gasteiger partial charge in [0.25, 0.3) is 11.5 Å². The monoisotopic (exact) mass is 426 g/mol. The average Bonchev–Trinajstić information content (AvgIpc) is 2.75. The molecule has 30 heavy (non-hydrogen) atoms. The molecule has 3 aromatic rings. The molecule has 0 bridgehead atoms. The first kappa shape index (κ1) is 21.1. The van der Waals surface area contributed by atoms with Crippen LogP contribution in [0.15, 0.2) is 59.5 Å². The van der Waals surface area contributed by atoms with Crippen molar-refractivity contribution in [1.29, 1.82) is 0 Å². The maximum absolute atomic E-state index is 13.0. The number of rotatable bonds is 6. The highest BCUT2D eigenvalue weighted by molar-refractivity contribution is 6.31. The molecule has 0 aliphatic rings. The summed E-state index contributed by atoms with van der Waals surface area (Å²) >= 11 is 6.00. The molecule has 0 saturated heterocycles. The van der Waals surface area contributed by atoms with Crippen LogP contribution in [-0.4, -0.2) is 35.5 Å². The van der Waals surface area contributed by atoms with Crippen LogP contribution in [0, 0.1) is 0 Å². The predicted molar refractivity (Wildman–Crippen MR) is 114 cm³/mol. The number of ether oxygens (including phenoxy) is 1. The van der Waals surface area contributed by atoms with Gasteiger partial charge in [-0.05, 0) is 18.2 Å². The summed E-state index contributed by atoms with van der Waals surface area (Å²) < 4.78 is 6.39. The van der Waals surface area contributed by atoms with Crippen LogP contribution in [0.4, 0.5) is 5.69 Å². The molecule has 9 heteroatoms. The average molecular weight is 427 g/mol. The quantitative estimate of drug-likeness (QED) is 0.630. The van der Waals surface area contributed by atoms with Gasteiger partial charge in [0.05, 0.1) is 12.8 Å². The predicted octanol–water partition coefficient (Wildman–Crippen LogP) is 2.57. The van der Waals surface area contributed by atoms with Crippen molar-refractivity contribution in [3.05, 3.63) is 75.7 Å². The van der Waals surface area contributed by atoms with Crippen molar-refractivity contribution in [3.63, 3.8) is 0 Å². The number of hydrogen-bond acceptors (Lipinski definition) is 5. The van der Waals surface area contributed by atoms with E-state index in [2.05, 4.69) is 15.6 Å². The van der Waals surface area contributed by atoms with E-state index in [1.54, 1.807) is 42.5 Å². The van der Waals surface area contributed by atoms with Crippen molar-refractivity contribution in [3.8, 4) is 17.1 Å². The van der Waals surface area contributed by atoms with Gasteiger partial charge >= 0.3 is 0 Å². The third-order valence-electron chi connectivity index (χ3n) is 4.29. The minimum absolute atomic E-state index is 0.162. The van der Waals surface area contributed by atoms with Gasteiger partial charge in [-0.15, -0.1) is 0 Å². The lowest BCUT2D eigenvalue weighted by atomic mass is 10.2. The van der Waals surface area contributed by atoms with Crippen molar-refractivity contribution in [2.75, 3.05) is 19.5 Å². The molecule has 3 rings (SSSR count). The zero-order valence-corrected chi connectivity index (χ0v) is 17.1. The molecule has 0 atom stereocenters. The number of methoxy groups -OCH3 is 1. The molecule has 2 aromatic carbocycles. The molecule has 0 fully saturated rings. The Morgan fingerprint density at radius 2 is 1.90 bits per heavy atom. The number of hydrogen-bond donors (Lipinski definition) is 2. The molecule has 2 amide bonds. The number of anilines is 1. The first-order chi connectivity index (χ1) is 14.4. The first-order valence-corrected chi connectivity index (χ1v) is 9.33. The fraction of sp³-hybridized carbons (Fsp3) is 0.143. The molecule has 1 heterocycles. The Morgan fingerprint density at radius 1 is 1.17 bits per heavy atom. The lowest BCUT2D eigenvalue weighted by Gasteiger charge is -2.15. The van der Waals surface area contributed by atoms with E-state index in [1.807, 2.05) is 6.07 Å². The second-order valence-corrected chi connectivity index (χ2v) is 6.66. The van der Waals surface area contributed by atoms with Crippen LogP contribution in [-0.2, 0) is 11.3 Å². The molecule has 0 unspecified atom stereocenters. The second kappa shape index (κ2) is 9.23. The van der Waals surface area contributed by atoms with E-state index in [-0.39, 0.29) is 17.9 Å². The van der Waals surface area contributed by atoms with Crippen molar-refractivity contribution < 1.29 is 14.3 Å². The molecule has 0 saturated carbocycles. The number of aromatic nitrogens is 2. The summed E-state index contributed by atoms with van der Waals surface area (Å²) in [5, 5.41) is 5.50. The van der Waals surface area contributed by atoms with E-state index < -0.39 is 17.4 Å². The Hall–Kier alpha value is -3.65. The summed E-state index contributed by atoms with van der Waals surface area (Å²) in [6.45, 7) is -0.365. The minimum atomic E-state index is -0.628. The summed E-state index contributed by atoms with van der Waals surface area (Å²) in [6, 6.07) is 13.7. The first-order valence-electron chi connectivity index (χ1n) is 8.95. The Morgan fingerprint density at radius 3 is 2.57 bits per heavy atom. The molecule has 154 valence electrons. The molecular weight excluding hydrogens is 408 g/mol. The smallest absolute Gasteiger partial charge is 0.267 e. The molecule has 0 aliphatic carbocycles. The zero-order valence-electron chi connectivity index (χ0n) is 16.3. The Kier molecular flexibility index (Phi) is 6.48. The van der Waals surface area contributed by atoms with Crippen LogP contribution in [0.5, 0.6) is 5.75 Å². The van der Waals surface area contributed by atoms with Gasteiger partial charge in [-0.1, -0.05) is 41.9 Å². The van der Waals surface area contributed by atoms with E-state index in [0.29, 0.717) is 22.0 Å². The Bertz CT molecular complexity index is 1150. The van der Waals surface area contributed by atoms with Crippen molar-refractivity contribution in [2.24, 2.45) is 0 Å². The molecule has 0 spiro atoms. The lowest BCUT2D eigenvalue weighted by Crippen LogP contribution is -2.35. The maximum Gasteiger partial charge on any atom is 0.267 e. The molecule has 8 nitrogen and oxygen atoms in total. The normalized spacial score (nSPS) is 10.4. The third-order valence-corrected chi connectivity index (χ3v) is 4.52. The molecule has 0 radical (unpaired) electrons. The van der Waals surface area contributed by atoms with Crippen LogP contribution in [0.2, 0.25) is 5.02 Å². The fourth-order valence-electron chi connectivity index (χ4n) is 2.86. The van der Waals surface area contributed by atoms with Gasteiger partial charge in [0.15, 0.2) is 0 Å². The van der Waals surface area contributed by atoms with Crippen molar-refractivity contribution in [2.45, 2.75) is 6.54 Å². The number of carbonyl (C=O) groups is 2. The van der Waals surface area contributed by atoms with Crippen LogP contribution < -0.4 is 20.9 Å². The molecule has 2 N–H and O–H groups in total. The topological polar surface area (TPSA) is 102 Å². The number of nitrogens with zero attached hydrogens (tertiary/aromatic N) is 2. The standard InChI is InChI=1S/C21H19ClN4O4/c1-23-20(28)15-11-24-19(13-6-4-3-5-7-13)26(21(15)29)12-18(27)25-16-10-14(22)8-9-17(16)30-2/h3-11H,12H2,1-2H3,(H,23,28)(H,25,27). The van der Waals surface area contributed by atoms with E-state index in [1.165, 1.54) is 20.4 Å². The summed E-state index contributed by atoms with van der Waals surface area (Å²) in [5.41, 5.74) is 0.202. The number of carbonyl (C=O) groups excluding carboxylic acids is 2. The highest BCUT2D eigenvalue weighted by Crippen LogP contribution is 2.27. The van der Waals surface area contributed by atoms with Crippen LogP contribution in [0.1, 0.15) is 10.4 Å². The summed E-state index contributed by atoms with van der Waals surface area (Å²) in [6.07, 6.45) is 1.21. The van der Waals surface area contributed by atoms with Crippen LogP contribution >= 0.6 is 11.6 Å². The minimum Gasteiger partial charge on any atom is -0.495 e. The van der Waals surface area contributed by atoms with Gasteiger partial charge in [0.2, 0.25) is 5.91 Å².